The van der Waals surface area contributed by atoms with Crippen molar-refractivity contribution >= 4 is 6.02 Å². The van der Waals surface area contributed by atoms with Crippen molar-refractivity contribution in [3.05, 3.63) is 0 Å². The zero-order valence-corrected chi connectivity index (χ0v) is 3.97. The number of hydrogen-bond donors (Lipinski definition) is 3. The lowest BCUT2D eigenvalue weighted by atomic mass is 10.6. The number of amidine groups is 1. The Morgan fingerprint density at radius 1 is 1.86 bits per heavy atom. The summed E-state index contributed by atoms with van der Waals surface area (Å²) in [6.07, 6.45) is 0.0694. The van der Waals surface area contributed by atoms with Crippen LogP contribution in [0.5, 0.6) is 0 Å². The number of aliphatic hydroxyl groups is 1. The molecule has 1 aliphatic rings. The fourth-order valence-electron chi connectivity index (χ4n) is 0.416. The van der Waals surface area contributed by atoms with Crippen LogP contribution in [0, 0.1) is 0 Å². The van der Waals surface area contributed by atoms with Gasteiger partial charge in [-0.05, 0) is 6.92 Å². The Balaban J connectivity index is 2.42. The van der Waals surface area contributed by atoms with E-state index in [0.717, 1.165) is 0 Å². The van der Waals surface area contributed by atoms with E-state index in [9.17, 15) is 0 Å². The summed E-state index contributed by atoms with van der Waals surface area (Å²) < 4.78 is 0. The molecule has 7 heavy (non-hydrogen) atoms. The maximum atomic E-state index is 8.48. The highest BCUT2D eigenvalue weighted by Crippen LogP contribution is 1.81. The number of rotatable bonds is 0. The molecule has 3 N–H and O–H groups in total. The van der Waals surface area contributed by atoms with E-state index in [0.29, 0.717) is 0 Å². The molecule has 0 aromatic heterocycles. The van der Waals surface area contributed by atoms with E-state index in [1.807, 2.05) is 6.92 Å². The minimum Gasteiger partial charge on any atom is -0.480 e. The summed E-state index contributed by atoms with van der Waals surface area (Å²) >= 11 is 0. The molecule has 1 unspecified atom stereocenters. The predicted octanol–water partition coefficient (Wildman–Crippen LogP) is -0.646. The Hall–Kier alpha value is -0.930. The summed E-state index contributed by atoms with van der Waals surface area (Å²) in [6, 6.07) is -0.0347. The monoisotopic (exact) mass is 101 g/mol. The highest BCUT2D eigenvalue weighted by Gasteiger charge is 2.07. The van der Waals surface area contributed by atoms with Gasteiger partial charge in [-0.1, -0.05) is 0 Å². The quantitative estimate of drug-likeness (QED) is 0.380. The second-order valence-corrected chi connectivity index (χ2v) is 1.43. The third-order valence-electron chi connectivity index (χ3n) is 0.710. The van der Waals surface area contributed by atoms with E-state index in [1.54, 1.807) is 0 Å². The van der Waals surface area contributed by atoms with E-state index in [1.165, 1.54) is 0 Å². The van der Waals surface area contributed by atoms with E-state index in [4.69, 9.17) is 5.11 Å². The molecule has 0 fully saturated rings. The highest BCUT2D eigenvalue weighted by atomic mass is 16.3. The maximum absolute atomic E-state index is 8.48. The van der Waals surface area contributed by atoms with Crippen molar-refractivity contribution in [1.29, 1.82) is 0 Å². The van der Waals surface area contributed by atoms with Crippen LogP contribution < -0.4 is 10.7 Å². The number of nitrogens with zero attached hydrogens (tertiary/aromatic N) is 1. The minimum atomic E-state index is -0.0347. The summed E-state index contributed by atoms with van der Waals surface area (Å²) in [5.74, 6) is 0. The predicted molar refractivity (Wildman–Crippen MR) is 25.8 cm³/mol. The molecular weight excluding hydrogens is 94.1 g/mol. The van der Waals surface area contributed by atoms with Crippen LogP contribution >= 0.6 is 0 Å². The van der Waals surface area contributed by atoms with E-state index in [2.05, 4.69) is 15.8 Å². The number of aliphatic hydroxyl groups excluding tert-OH is 1. The van der Waals surface area contributed by atoms with Gasteiger partial charge in [0.05, 0.1) is 0 Å². The molecule has 4 heteroatoms. The molecule has 0 bridgehead atoms. The second kappa shape index (κ2) is 1.29. The Morgan fingerprint density at radius 2 is 2.57 bits per heavy atom. The van der Waals surface area contributed by atoms with Gasteiger partial charge in [0.15, 0.2) is 0 Å². The average Bonchev–Trinajstić information content (AvgIpc) is 1.87. The molecule has 1 aliphatic heterocycles. The van der Waals surface area contributed by atoms with Gasteiger partial charge in [-0.25, -0.2) is 0 Å². The van der Waals surface area contributed by atoms with Gasteiger partial charge >= 0.3 is 6.02 Å². The molecule has 0 aromatic carbocycles. The number of hydrazone groups is 1. The molecule has 0 aliphatic carbocycles. The zero-order valence-electron chi connectivity index (χ0n) is 3.97. The lowest BCUT2D eigenvalue weighted by Crippen LogP contribution is -2.31. The van der Waals surface area contributed by atoms with Crippen molar-refractivity contribution in [3.8, 4) is 0 Å². The molecule has 4 nitrogen and oxygen atoms in total. The Labute approximate surface area is 41.2 Å². The standard InChI is InChI=1S/C3H7N3O/c1-2-4-3(7)6-5-2/h2,5H,1H3,(H2,4,6,7). The second-order valence-electron chi connectivity index (χ2n) is 1.43. The molecule has 1 heterocycles. The molecule has 40 valence electrons. The number of nitrogens with one attached hydrogen (secondary N) is 2. The fraction of sp³-hybridized carbons (Fsp3) is 0.667. The van der Waals surface area contributed by atoms with Crippen LogP contribution in [-0.4, -0.2) is 17.3 Å². The summed E-state index contributed by atoms with van der Waals surface area (Å²) in [5.41, 5.74) is 2.60. The molecule has 1 rings (SSSR count). The van der Waals surface area contributed by atoms with Crippen molar-refractivity contribution in [2.45, 2.75) is 13.1 Å². The molecule has 1 atom stereocenters. The van der Waals surface area contributed by atoms with Gasteiger partial charge < -0.3 is 10.4 Å². The summed E-state index contributed by atoms with van der Waals surface area (Å²) in [6.45, 7) is 1.85. The Morgan fingerprint density at radius 3 is 2.71 bits per heavy atom. The van der Waals surface area contributed by atoms with Crippen molar-refractivity contribution in [1.82, 2.24) is 10.7 Å². The molecule has 0 aromatic rings. The largest absolute Gasteiger partial charge is 0.480 e. The van der Waals surface area contributed by atoms with Crippen molar-refractivity contribution in [2.24, 2.45) is 5.10 Å². The topological polar surface area (TPSA) is 56.7 Å². The van der Waals surface area contributed by atoms with Crippen LogP contribution in [0.15, 0.2) is 5.10 Å². The van der Waals surface area contributed by atoms with E-state index >= 15 is 0 Å². The average molecular weight is 101 g/mol. The van der Waals surface area contributed by atoms with Crippen molar-refractivity contribution in [3.63, 3.8) is 0 Å². The molecular formula is C3H7N3O. The lowest BCUT2D eigenvalue weighted by Gasteiger charge is -1.98. The lowest BCUT2D eigenvalue weighted by molar-refractivity contribution is 0.511. The van der Waals surface area contributed by atoms with Crippen LogP contribution in [0.2, 0.25) is 0 Å². The van der Waals surface area contributed by atoms with Gasteiger partial charge in [-0.3, -0.25) is 5.43 Å². The van der Waals surface area contributed by atoms with Gasteiger partial charge in [0, 0.05) is 0 Å². The van der Waals surface area contributed by atoms with Gasteiger partial charge in [-0.15, -0.1) is 5.10 Å². The summed E-state index contributed by atoms with van der Waals surface area (Å²) in [7, 11) is 0. The first-order valence-electron chi connectivity index (χ1n) is 2.08. The molecule has 0 saturated carbocycles. The normalized spacial score (nSPS) is 28.1. The highest BCUT2D eigenvalue weighted by molar-refractivity contribution is 5.72. The first kappa shape index (κ1) is 4.23. The van der Waals surface area contributed by atoms with Crippen LogP contribution in [0.1, 0.15) is 6.92 Å². The third kappa shape index (κ3) is 0.734. The fourth-order valence-corrected chi connectivity index (χ4v) is 0.416. The van der Waals surface area contributed by atoms with E-state index in [-0.39, 0.29) is 12.2 Å². The van der Waals surface area contributed by atoms with E-state index < -0.39 is 0 Å². The van der Waals surface area contributed by atoms with Crippen LogP contribution in [0.25, 0.3) is 0 Å². The minimum absolute atomic E-state index is 0.0347. The van der Waals surface area contributed by atoms with Crippen LogP contribution in [0.3, 0.4) is 0 Å². The van der Waals surface area contributed by atoms with Gasteiger partial charge in [-0.2, -0.15) is 0 Å². The zero-order chi connectivity index (χ0) is 5.28. The maximum Gasteiger partial charge on any atom is 0.305 e. The van der Waals surface area contributed by atoms with Gasteiger partial charge in [0.2, 0.25) is 0 Å². The van der Waals surface area contributed by atoms with Crippen molar-refractivity contribution in [2.75, 3.05) is 0 Å². The smallest absolute Gasteiger partial charge is 0.305 e. The molecule has 0 amide bonds. The Kier molecular flexibility index (Phi) is 0.780. The molecule has 0 spiro atoms. The first-order chi connectivity index (χ1) is 3.29. The van der Waals surface area contributed by atoms with Crippen LogP contribution in [0.4, 0.5) is 0 Å². The van der Waals surface area contributed by atoms with Gasteiger partial charge in [0.1, 0.15) is 6.17 Å². The number of hydrogen-bond acceptors (Lipinski definition) is 3. The summed E-state index contributed by atoms with van der Waals surface area (Å²) in [5, 5.41) is 14.5. The van der Waals surface area contributed by atoms with Crippen molar-refractivity contribution < 1.29 is 5.11 Å². The van der Waals surface area contributed by atoms with Crippen LogP contribution in [-0.2, 0) is 0 Å². The van der Waals surface area contributed by atoms with Gasteiger partial charge in [0.25, 0.3) is 0 Å². The SMILES string of the molecule is CC1NN=C(O)N1. The third-order valence-corrected chi connectivity index (χ3v) is 0.710. The summed E-state index contributed by atoms with van der Waals surface area (Å²) in [4.78, 5) is 0. The molecule has 0 saturated heterocycles. The molecule has 0 radical (unpaired) electrons. The Bertz CT molecular complexity index is 100. The first-order valence-corrected chi connectivity index (χ1v) is 2.08.